The normalized spacial score (nSPS) is 12.0. The number of thiazole rings is 1. The molecule has 3 aromatic rings. The van der Waals surface area contributed by atoms with Gasteiger partial charge in [0.1, 0.15) is 0 Å². The number of benzene rings is 2. The van der Waals surface area contributed by atoms with Crippen LogP contribution < -0.4 is 9.54 Å². The van der Waals surface area contributed by atoms with Crippen LogP contribution in [-0.2, 0) is 12.7 Å². The van der Waals surface area contributed by atoms with E-state index in [1.54, 1.807) is 12.1 Å². The van der Waals surface area contributed by atoms with Crippen LogP contribution in [0.15, 0.2) is 52.8 Å². The van der Waals surface area contributed by atoms with Gasteiger partial charge in [0.15, 0.2) is 16.4 Å². The third-order valence-electron chi connectivity index (χ3n) is 4.09. The third kappa shape index (κ3) is 5.27. The fourth-order valence-corrected chi connectivity index (χ4v) is 3.73. The number of ether oxygens (including phenoxy) is 1. The molecule has 0 N–H and O–H groups in total. The van der Waals surface area contributed by atoms with Gasteiger partial charge in [0.2, 0.25) is 0 Å². The van der Waals surface area contributed by atoms with E-state index in [-0.39, 0.29) is 28.4 Å². The van der Waals surface area contributed by atoms with Crippen molar-refractivity contribution < 1.29 is 22.3 Å². The molecule has 29 heavy (non-hydrogen) atoms. The molecular weight excluding hydrogens is 472 g/mol. The lowest BCUT2D eigenvalue weighted by Gasteiger charge is -2.10. The van der Waals surface area contributed by atoms with Gasteiger partial charge in [-0.15, -0.1) is 28.3 Å². The highest BCUT2D eigenvalue weighted by atomic mass is 79.9. The molecule has 0 unspecified atom stereocenters. The highest BCUT2D eigenvalue weighted by Crippen LogP contribution is 2.31. The van der Waals surface area contributed by atoms with Gasteiger partial charge in [-0.1, -0.05) is 13.0 Å². The molecule has 0 aliphatic rings. The van der Waals surface area contributed by atoms with Crippen LogP contribution in [0.25, 0.3) is 11.3 Å². The number of hydrogen-bond acceptors (Lipinski definition) is 3. The Hall–Kier alpha value is -2.13. The average Bonchev–Trinajstić information content (AvgIpc) is 3.04. The molecule has 0 aliphatic heterocycles. The van der Waals surface area contributed by atoms with E-state index in [1.165, 1.54) is 36.6 Å². The minimum atomic E-state index is -4.42. The van der Waals surface area contributed by atoms with Gasteiger partial charge in [0, 0.05) is 17.5 Å². The maximum Gasteiger partial charge on any atom is 0.416 e. The van der Waals surface area contributed by atoms with Gasteiger partial charge >= 0.3 is 6.18 Å². The maximum absolute atomic E-state index is 14.1. The van der Waals surface area contributed by atoms with Gasteiger partial charge in [0.25, 0.3) is 0 Å². The predicted octanol–water partition coefficient (Wildman–Crippen LogP) is 6.60. The lowest BCUT2D eigenvalue weighted by atomic mass is 10.1. The maximum atomic E-state index is 14.1. The summed E-state index contributed by atoms with van der Waals surface area (Å²) in [7, 11) is 1.39. The molecule has 0 saturated carbocycles. The minimum absolute atomic E-state index is 0. The van der Waals surface area contributed by atoms with Crippen LogP contribution in [0.4, 0.5) is 23.2 Å². The summed E-state index contributed by atoms with van der Waals surface area (Å²) in [6.07, 6.45) is -3.63. The summed E-state index contributed by atoms with van der Waals surface area (Å²) in [6, 6.07) is 9.55. The second-order valence-electron chi connectivity index (χ2n) is 6.06. The average molecular weight is 491 g/mol. The van der Waals surface area contributed by atoms with Crippen molar-refractivity contribution in [2.45, 2.75) is 26.1 Å². The zero-order valence-electron chi connectivity index (χ0n) is 15.7. The van der Waals surface area contributed by atoms with Crippen LogP contribution in [0.3, 0.4) is 0 Å². The summed E-state index contributed by atoms with van der Waals surface area (Å²) in [5.41, 5.74) is 0.867. The Kier molecular flexibility index (Phi) is 7.65. The zero-order valence-corrected chi connectivity index (χ0v) is 18.2. The van der Waals surface area contributed by atoms with Gasteiger partial charge in [-0.3, -0.25) is 0 Å². The molecule has 9 heteroatoms. The fourth-order valence-electron chi connectivity index (χ4n) is 2.78. The lowest BCUT2D eigenvalue weighted by Crippen LogP contribution is -2.15. The quantitative estimate of drug-likeness (QED) is 0.370. The topological polar surface area (TPSA) is 26.5 Å². The number of rotatable bonds is 5. The van der Waals surface area contributed by atoms with Crippen molar-refractivity contribution in [2.24, 2.45) is 4.99 Å². The molecule has 1 heterocycles. The van der Waals surface area contributed by atoms with Crippen LogP contribution in [0.1, 0.15) is 18.9 Å². The molecule has 0 aliphatic carbocycles. The van der Waals surface area contributed by atoms with Crippen molar-refractivity contribution in [3.8, 4) is 17.0 Å². The molecule has 3 rings (SSSR count). The van der Waals surface area contributed by atoms with Crippen molar-refractivity contribution in [1.29, 1.82) is 0 Å². The molecule has 156 valence electrons. The number of nitrogens with zero attached hydrogens (tertiary/aromatic N) is 2. The monoisotopic (exact) mass is 490 g/mol. The van der Waals surface area contributed by atoms with E-state index in [0.29, 0.717) is 16.9 Å². The first-order chi connectivity index (χ1) is 13.3. The van der Waals surface area contributed by atoms with E-state index in [1.807, 2.05) is 16.9 Å². The second-order valence-corrected chi connectivity index (χ2v) is 6.90. The van der Waals surface area contributed by atoms with Crippen molar-refractivity contribution in [3.63, 3.8) is 0 Å². The summed E-state index contributed by atoms with van der Waals surface area (Å²) in [5, 5.41) is 1.82. The first-order valence-corrected chi connectivity index (χ1v) is 9.45. The van der Waals surface area contributed by atoms with Crippen LogP contribution in [-0.4, -0.2) is 11.7 Å². The molecule has 2 aromatic carbocycles. The zero-order chi connectivity index (χ0) is 20.3. The Morgan fingerprint density at radius 3 is 2.52 bits per heavy atom. The molecule has 0 radical (unpaired) electrons. The molecule has 3 nitrogen and oxygen atoms in total. The number of halogens is 5. The number of methoxy groups -OCH3 is 1. The Morgan fingerprint density at radius 1 is 1.14 bits per heavy atom. The van der Waals surface area contributed by atoms with Crippen molar-refractivity contribution >= 4 is 34.0 Å². The van der Waals surface area contributed by atoms with Crippen LogP contribution in [0.5, 0.6) is 5.75 Å². The van der Waals surface area contributed by atoms with E-state index in [4.69, 9.17) is 4.74 Å². The van der Waals surface area contributed by atoms with E-state index in [0.717, 1.165) is 24.2 Å². The molecule has 0 saturated heterocycles. The van der Waals surface area contributed by atoms with Crippen molar-refractivity contribution in [2.75, 3.05) is 7.11 Å². The molecular formula is C20H19BrF4N2OS. The third-order valence-corrected chi connectivity index (χ3v) is 4.95. The van der Waals surface area contributed by atoms with Crippen LogP contribution in [0.2, 0.25) is 0 Å². The van der Waals surface area contributed by atoms with E-state index in [9.17, 15) is 17.6 Å². The second kappa shape index (κ2) is 9.58. The van der Waals surface area contributed by atoms with Crippen LogP contribution >= 0.6 is 28.3 Å². The SMILES string of the molecule is Br.CCCn1c(-c2ccc(OC)c(F)c2)csc1=Nc1cccc(C(F)(F)F)c1. The first kappa shape index (κ1) is 23.2. The summed E-state index contributed by atoms with van der Waals surface area (Å²) in [6.45, 7) is 2.58. The molecule has 0 atom stereocenters. The van der Waals surface area contributed by atoms with Gasteiger partial charge in [-0.05, 0) is 42.8 Å². The van der Waals surface area contributed by atoms with Gasteiger partial charge < -0.3 is 9.30 Å². The Bertz CT molecular complexity index is 1040. The predicted molar refractivity (Wildman–Crippen MR) is 112 cm³/mol. The van der Waals surface area contributed by atoms with E-state index < -0.39 is 17.6 Å². The van der Waals surface area contributed by atoms with E-state index >= 15 is 0 Å². The number of alkyl halides is 3. The molecule has 0 fully saturated rings. The van der Waals surface area contributed by atoms with Crippen molar-refractivity contribution in [1.82, 2.24) is 4.57 Å². The van der Waals surface area contributed by atoms with Gasteiger partial charge in [0.05, 0.1) is 24.1 Å². The smallest absolute Gasteiger partial charge is 0.416 e. The minimum Gasteiger partial charge on any atom is -0.494 e. The number of hydrogen-bond donors (Lipinski definition) is 0. The Labute approximate surface area is 180 Å². The lowest BCUT2D eigenvalue weighted by molar-refractivity contribution is -0.137. The summed E-state index contributed by atoms with van der Waals surface area (Å²) in [5.74, 6) is -0.333. The summed E-state index contributed by atoms with van der Waals surface area (Å²) < 4.78 is 59.8. The summed E-state index contributed by atoms with van der Waals surface area (Å²) in [4.78, 5) is 4.95. The largest absolute Gasteiger partial charge is 0.494 e. The molecule has 0 amide bonds. The summed E-state index contributed by atoms with van der Waals surface area (Å²) >= 11 is 1.30. The van der Waals surface area contributed by atoms with Gasteiger partial charge in [-0.2, -0.15) is 13.2 Å². The number of aromatic nitrogens is 1. The first-order valence-electron chi connectivity index (χ1n) is 8.57. The fraction of sp³-hybridized carbons (Fsp3) is 0.250. The molecule has 1 aromatic heterocycles. The van der Waals surface area contributed by atoms with Crippen LogP contribution in [0, 0.1) is 5.82 Å². The standard InChI is InChI=1S/C20H18F4N2OS.BrH/c1-3-9-26-17(13-7-8-18(27-2)16(21)10-13)12-28-19(26)25-15-6-4-5-14(11-15)20(22,23)24;/h4-8,10-12H,3,9H2,1-2H3;1H. The molecule has 0 bridgehead atoms. The molecule has 0 spiro atoms. The Morgan fingerprint density at radius 2 is 1.90 bits per heavy atom. The van der Waals surface area contributed by atoms with E-state index in [2.05, 4.69) is 4.99 Å². The highest BCUT2D eigenvalue weighted by molar-refractivity contribution is 8.93. The van der Waals surface area contributed by atoms with Crippen molar-refractivity contribution in [3.05, 3.63) is 64.0 Å². The van der Waals surface area contributed by atoms with Gasteiger partial charge in [-0.25, -0.2) is 9.38 Å². The Balaban J connectivity index is 0.00000300. The highest BCUT2D eigenvalue weighted by Gasteiger charge is 2.30.